The molecule has 0 amide bonds. The van der Waals surface area contributed by atoms with Gasteiger partial charge in [-0.3, -0.25) is 9.59 Å². The van der Waals surface area contributed by atoms with Crippen molar-refractivity contribution >= 4 is 23.5 Å². The zero-order valence-electron chi connectivity index (χ0n) is 26.0. The highest BCUT2D eigenvalue weighted by molar-refractivity contribution is 6.05. The number of carbonyl (C=O) groups is 2. The third-order valence-corrected chi connectivity index (χ3v) is 9.67. The number of rotatable bonds is 14. The molecule has 3 aromatic rings. The number of methoxy groups -OCH3 is 1. The summed E-state index contributed by atoms with van der Waals surface area (Å²) in [5, 5.41) is 33.0. The third-order valence-electron chi connectivity index (χ3n) is 9.67. The van der Waals surface area contributed by atoms with Crippen LogP contribution in [0.3, 0.4) is 0 Å². The molecule has 3 atom stereocenters. The van der Waals surface area contributed by atoms with Gasteiger partial charge in [0.2, 0.25) is 0 Å². The number of aromatic hydroxyl groups is 1. The molecular formula is C36H44N3O6-. The number of phenolic OH excluding ortho intramolecular Hbond substituents is 1. The van der Waals surface area contributed by atoms with Crippen LogP contribution in [0.2, 0.25) is 0 Å². The summed E-state index contributed by atoms with van der Waals surface area (Å²) in [7, 11) is 1.45. The van der Waals surface area contributed by atoms with E-state index in [2.05, 4.69) is 9.97 Å². The van der Waals surface area contributed by atoms with Crippen molar-refractivity contribution in [2.45, 2.75) is 82.7 Å². The number of ether oxygens (including phenoxy) is 1. The van der Waals surface area contributed by atoms with Crippen molar-refractivity contribution in [2.75, 3.05) is 19.5 Å². The zero-order valence-corrected chi connectivity index (χ0v) is 26.0. The monoisotopic (exact) mass is 614 g/mol. The number of benzene rings is 1. The molecule has 0 unspecified atom stereocenters. The van der Waals surface area contributed by atoms with Crippen LogP contribution < -0.4 is 15.5 Å². The Bertz CT molecular complexity index is 1510. The number of hydrogen-bond donors (Lipinski definition) is 4. The Morgan fingerprint density at radius 2 is 1.91 bits per heavy atom. The van der Waals surface area contributed by atoms with E-state index >= 15 is 0 Å². The Morgan fingerprint density at radius 3 is 2.62 bits per heavy atom. The first kappa shape index (κ1) is 32.4. The molecule has 0 bridgehead atoms. The van der Waals surface area contributed by atoms with Crippen LogP contribution in [-0.2, 0) is 22.4 Å². The number of nitrogen functional groups attached to an aromatic ring is 1. The quantitative estimate of drug-likeness (QED) is 0.186. The topological polar surface area (TPSA) is 157 Å². The number of aromatic nitrogens is 2. The van der Waals surface area contributed by atoms with E-state index in [1.54, 1.807) is 24.5 Å². The normalized spacial score (nSPS) is 20.5. The van der Waals surface area contributed by atoms with Crippen LogP contribution in [0.25, 0.3) is 6.08 Å². The molecule has 0 spiro atoms. The summed E-state index contributed by atoms with van der Waals surface area (Å²) in [5.41, 5.74) is 8.82. The molecule has 1 aromatic carbocycles. The number of aryl methyl sites for hydroxylation is 1. The van der Waals surface area contributed by atoms with E-state index in [9.17, 15) is 24.9 Å². The van der Waals surface area contributed by atoms with Crippen molar-refractivity contribution in [2.24, 2.45) is 11.3 Å². The van der Waals surface area contributed by atoms with Crippen LogP contribution in [-0.4, -0.2) is 51.7 Å². The van der Waals surface area contributed by atoms with Crippen molar-refractivity contribution in [3.05, 3.63) is 76.7 Å². The third kappa shape index (κ3) is 7.15. The molecule has 2 heterocycles. The van der Waals surface area contributed by atoms with Gasteiger partial charge in [0.05, 0.1) is 13.7 Å². The first-order valence-electron chi connectivity index (χ1n) is 16.0. The van der Waals surface area contributed by atoms with E-state index in [-0.39, 0.29) is 37.4 Å². The van der Waals surface area contributed by atoms with Crippen molar-refractivity contribution in [1.29, 1.82) is 0 Å². The minimum Gasteiger partial charge on any atom is -0.668 e. The molecule has 2 aromatic heterocycles. The van der Waals surface area contributed by atoms with Gasteiger partial charge in [-0.25, -0.2) is 4.98 Å². The Kier molecular flexibility index (Phi) is 10.4. The summed E-state index contributed by atoms with van der Waals surface area (Å²) in [6, 6.07) is 9.03. The molecule has 0 saturated heterocycles. The number of nitrogens with two attached hydrogens (primary N) is 1. The van der Waals surface area contributed by atoms with Gasteiger partial charge in [-0.2, -0.15) is 11.9 Å². The summed E-state index contributed by atoms with van der Waals surface area (Å²) in [6.07, 6.45) is 14.0. The fourth-order valence-corrected chi connectivity index (χ4v) is 7.18. The lowest BCUT2D eigenvalue weighted by molar-refractivity contribution is -0.138. The highest BCUT2D eigenvalue weighted by atomic mass is 16.5. The van der Waals surface area contributed by atoms with E-state index in [0.717, 1.165) is 17.7 Å². The predicted molar refractivity (Wildman–Crippen MR) is 172 cm³/mol. The SMILES string of the molecule is COc1cc(CCC(=O)[C@H](O)C(=O)CCCC2CCCCC2)cc([C@@H]2c3ccnc(N)c3C=C[C@@]2(CO)Cc2ccc[n-]2)c1O. The largest absolute Gasteiger partial charge is 0.668 e. The smallest absolute Gasteiger partial charge is 0.170 e. The summed E-state index contributed by atoms with van der Waals surface area (Å²) < 4.78 is 5.55. The number of aliphatic hydroxyl groups is 2. The molecule has 0 radical (unpaired) electrons. The zero-order chi connectivity index (χ0) is 32.0. The van der Waals surface area contributed by atoms with E-state index in [4.69, 9.17) is 10.5 Å². The molecule has 2 aliphatic rings. The predicted octanol–water partition coefficient (Wildman–Crippen LogP) is 4.90. The average molecular weight is 615 g/mol. The molecule has 0 aliphatic heterocycles. The van der Waals surface area contributed by atoms with Gasteiger partial charge in [0.25, 0.3) is 0 Å². The van der Waals surface area contributed by atoms with Gasteiger partial charge in [0.1, 0.15) is 5.82 Å². The highest BCUT2D eigenvalue weighted by Crippen LogP contribution is 2.53. The fourth-order valence-electron chi connectivity index (χ4n) is 7.18. The number of hydrogen-bond acceptors (Lipinski definition) is 8. The fraction of sp³-hybridized carbons (Fsp3) is 0.472. The molecular weight excluding hydrogens is 570 g/mol. The van der Waals surface area contributed by atoms with Gasteiger partial charge in [0, 0.05) is 41.5 Å². The molecule has 5 rings (SSSR count). The van der Waals surface area contributed by atoms with Crippen LogP contribution in [0, 0.1) is 11.3 Å². The molecule has 5 N–H and O–H groups in total. The first-order chi connectivity index (χ1) is 21.8. The Morgan fingerprint density at radius 1 is 1.13 bits per heavy atom. The van der Waals surface area contributed by atoms with Crippen molar-refractivity contribution in [1.82, 2.24) is 9.97 Å². The molecule has 2 aliphatic carbocycles. The van der Waals surface area contributed by atoms with Crippen LogP contribution in [0.5, 0.6) is 11.5 Å². The summed E-state index contributed by atoms with van der Waals surface area (Å²) in [4.78, 5) is 34.3. The van der Waals surface area contributed by atoms with E-state index in [0.29, 0.717) is 41.3 Å². The molecule has 240 valence electrons. The summed E-state index contributed by atoms with van der Waals surface area (Å²) in [6.45, 7) is -0.248. The second-order valence-electron chi connectivity index (χ2n) is 12.6. The van der Waals surface area contributed by atoms with Crippen LogP contribution in [0.1, 0.15) is 91.7 Å². The molecule has 1 saturated carbocycles. The maximum atomic E-state index is 12.9. The molecule has 9 nitrogen and oxygen atoms in total. The number of anilines is 1. The number of carbonyl (C=O) groups excluding carboxylic acids is 2. The second-order valence-corrected chi connectivity index (χ2v) is 12.6. The lowest BCUT2D eigenvalue weighted by Crippen LogP contribution is -2.37. The van der Waals surface area contributed by atoms with Crippen LogP contribution in [0.15, 0.2) is 48.8 Å². The number of fused-ring (bicyclic) bond motifs is 1. The lowest BCUT2D eigenvalue weighted by atomic mass is 9.63. The number of ketones is 2. The van der Waals surface area contributed by atoms with E-state index < -0.39 is 29.0 Å². The second kappa shape index (κ2) is 14.4. The van der Waals surface area contributed by atoms with Gasteiger partial charge in [0.15, 0.2) is 29.2 Å². The van der Waals surface area contributed by atoms with Gasteiger partial charge in [-0.15, -0.1) is 0 Å². The number of phenols is 1. The van der Waals surface area contributed by atoms with Gasteiger partial charge < -0.3 is 30.8 Å². The first-order valence-corrected chi connectivity index (χ1v) is 16.0. The average Bonchev–Trinajstić information content (AvgIpc) is 3.57. The Hall–Kier alpha value is -3.95. The van der Waals surface area contributed by atoms with Gasteiger partial charge >= 0.3 is 0 Å². The summed E-state index contributed by atoms with van der Waals surface area (Å²) >= 11 is 0. The Balaban J connectivity index is 1.38. The standard InChI is InChI=1S/C36H44N3O6/c1-45-31-20-24(12-13-30(42)34(44)29(41)11-5-9-23-7-3-2-4-8-23)19-28(33(31)43)32-26-15-18-39-35(37)27(26)14-16-36(32,22-40)21-25-10-6-17-38-25/h6,10,14-20,23,32,34,40,43-44H,2-5,7-9,11-13,21-22H2,1H3,(H2,37,39)/q-1/t32-,34+,36-/m0/s1. The number of nitrogens with zero attached hydrogens (tertiary/aromatic N) is 2. The van der Waals surface area contributed by atoms with Crippen LogP contribution >= 0.6 is 0 Å². The summed E-state index contributed by atoms with van der Waals surface area (Å²) in [5.74, 6) is -0.416. The van der Waals surface area contributed by atoms with Gasteiger partial charge in [-0.1, -0.05) is 68.9 Å². The number of aliphatic hydroxyl groups excluding tert-OH is 2. The van der Waals surface area contributed by atoms with E-state index in [1.807, 2.05) is 30.4 Å². The minimum atomic E-state index is -1.64. The van der Waals surface area contributed by atoms with Crippen LogP contribution in [0.4, 0.5) is 5.82 Å². The van der Waals surface area contributed by atoms with Crippen molar-refractivity contribution < 1.29 is 29.6 Å². The molecule has 9 heteroatoms. The molecule has 1 fully saturated rings. The Labute approximate surface area is 264 Å². The minimum absolute atomic E-state index is 0.0521. The van der Waals surface area contributed by atoms with Crippen molar-refractivity contribution in [3.63, 3.8) is 0 Å². The number of pyridine rings is 1. The maximum Gasteiger partial charge on any atom is 0.170 e. The van der Waals surface area contributed by atoms with Gasteiger partial charge in [-0.05, 0) is 48.4 Å². The molecule has 45 heavy (non-hydrogen) atoms. The maximum absolute atomic E-state index is 12.9. The lowest BCUT2D eigenvalue weighted by Gasteiger charge is -2.42. The number of Topliss-reactive ketones (excluding diaryl/α,β-unsaturated/α-hetero) is 2. The highest BCUT2D eigenvalue weighted by Gasteiger charge is 2.43. The van der Waals surface area contributed by atoms with Crippen molar-refractivity contribution in [3.8, 4) is 11.5 Å². The van der Waals surface area contributed by atoms with E-state index in [1.165, 1.54) is 39.2 Å².